The third-order valence-corrected chi connectivity index (χ3v) is 2.42. The maximum atomic E-state index is 5.46. The van der Waals surface area contributed by atoms with E-state index in [9.17, 15) is 0 Å². The Morgan fingerprint density at radius 1 is 1.38 bits per heavy atom. The number of hydrogen-bond acceptors (Lipinski definition) is 2. The second kappa shape index (κ2) is 8.79. The van der Waals surface area contributed by atoms with Crippen molar-refractivity contribution in [3.05, 3.63) is 0 Å². The molecule has 1 fully saturated rings. The molecule has 0 saturated carbocycles. The largest absolute Gasteiger partial charge is 0.381 e. The van der Waals surface area contributed by atoms with Crippen LogP contribution in [0.1, 0.15) is 32.6 Å². The quantitative estimate of drug-likeness (QED) is 0.699. The zero-order valence-electron chi connectivity index (χ0n) is 8.55. The predicted octanol–water partition coefficient (Wildman–Crippen LogP) is 2.22. The summed E-state index contributed by atoms with van der Waals surface area (Å²) in [7, 11) is 0. The molecular weight excluding hydrogens is 186 g/mol. The van der Waals surface area contributed by atoms with Gasteiger partial charge < -0.3 is 10.1 Å². The van der Waals surface area contributed by atoms with Gasteiger partial charge in [0.25, 0.3) is 0 Å². The normalized spacial score (nSPS) is 22.4. The summed E-state index contributed by atoms with van der Waals surface area (Å²) in [5.74, 6) is 0.871. The van der Waals surface area contributed by atoms with Crippen LogP contribution in [0.2, 0.25) is 0 Å². The lowest BCUT2D eigenvalue weighted by Crippen LogP contribution is -2.30. The third-order valence-electron chi connectivity index (χ3n) is 2.42. The van der Waals surface area contributed by atoms with Crippen molar-refractivity contribution in [2.45, 2.75) is 32.6 Å². The summed E-state index contributed by atoms with van der Waals surface area (Å²) in [6.45, 7) is 6.46. The van der Waals surface area contributed by atoms with Crippen molar-refractivity contribution in [3.63, 3.8) is 0 Å². The Morgan fingerprint density at radius 3 is 2.85 bits per heavy atom. The average Bonchev–Trinajstić information content (AvgIpc) is 2.14. The summed E-state index contributed by atoms with van der Waals surface area (Å²) in [6, 6.07) is 0. The molecule has 80 valence electrons. The molecule has 0 bridgehead atoms. The highest BCUT2D eigenvalue weighted by atomic mass is 35.5. The molecule has 0 aromatic heterocycles. The molecule has 3 heteroatoms. The van der Waals surface area contributed by atoms with E-state index in [2.05, 4.69) is 12.2 Å². The van der Waals surface area contributed by atoms with E-state index >= 15 is 0 Å². The van der Waals surface area contributed by atoms with Crippen molar-refractivity contribution in [2.75, 3.05) is 26.3 Å². The zero-order chi connectivity index (χ0) is 8.65. The van der Waals surface area contributed by atoms with Gasteiger partial charge in [0.1, 0.15) is 0 Å². The van der Waals surface area contributed by atoms with Gasteiger partial charge in [0.15, 0.2) is 0 Å². The summed E-state index contributed by atoms with van der Waals surface area (Å²) in [4.78, 5) is 0. The molecule has 1 N–H and O–H groups in total. The van der Waals surface area contributed by atoms with E-state index in [-0.39, 0.29) is 12.4 Å². The van der Waals surface area contributed by atoms with Crippen LogP contribution in [0, 0.1) is 5.92 Å². The summed E-state index contributed by atoms with van der Waals surface area (Å²) >= 11 is 0. The van der Waals surface area contributed by atoms with Crippen LogP contribution in [-0.2, 0) is 4.74 Å². The molecule has 0 radical (unpaired) electrons. The summed E-state index contributed by atoms with van der Waals surface area (Å²) in [5, 5.41) is 3.42. The van der Waals surface area contributed by atoms with Crippen LogP contribution >= 0.6 is 12.4 Å². The molecule has 0 spiro atoms. The van der Waals surface area contributed by atoms with Crippen LogP contribution in [0.4, 0.5) is 0 Å². The van der Waals surface area contributed by atoms with Crippen LogP contribution in [-0.4, -0.2) is 26.3 Å². The Kier molecular flexibility index (Phi) is 8.93. The second-order valence-corrected chi connectivity index (χ2v) is 3.61. The topological polar surface area (TPSA) is 21.3 Å². The molecule has 2 nitrogen and oxygen atoms in total. The van der Waals surface area contributed by atoms with Crippen LogP contribution in [0.15, 0.2) is 0 Å². The smallest absolute Gasteiger partial charge is 0.0469 e. The predicted molar refractivity (Wildman–Crippen MR) is 58.6 cm³/mol. The van der Waals surface area contributed by atoms with Crippen molar-refractivity contribution < 1.29 is 4.74 Å². The summed E-state index contributed by atoms with van der Waals surface area (Å²) < 4.78 is 5.46. The van der Waals surface area contributed by atoms with Crippen LogP contribution in [0.3, 0.4) is 0 Å². The second-order valence-electron chi connectivity index (χ2n) is 3.61. The first kappa shape index (κ1) is 13.2. The molecule has 1 heterocycles. The monoisotopic (exact) mass is 207 g/mol. The molecule has 1 rings (SSSR count). The number of halogens is 1. The first-order chi connectivity index (χ1) is 5.93. The first-order valence-corrected chi connectivity index (χ1v) is 5.22. The summed E-state index contributed by atoms with van der Waals surface area (Å²) in [6.07, 6.45) is 5.12. The molecule has 1 saturated heterocycles. The van der Waals surface area contributed by atoms with E-state index in [0.29, 0.717) is 0 Å². The fraction of sp³-hybridized carbons (Fsp3) is 1.00. The number of ether oxygens (including phenoxy) is 1. The van der Waals surface area contributed by atoms with Crippen LogP contribution in [0.25, 0.3) is 0 Å². The Balaban J connectivity index is 0.00000144. The lowest BCUT2D eigenvalue weighted by molar-refractivity contribution is 0.116. The van der Waals surface area contributed by atoms with Gasteiger partial charge in [-0.3, -0.25) is 0 Å². The Labute approximate surface area is 87.8 Å². The highest BCUT2D eigenvalue weighted by Gasteiger charge is 2.11. The van der Waals surface area contributed by atoms with E-state index in [1.165, 1.54) is 32.4 Å². The minimum Gasteiger partial charge on any atom is -0.381 e. The van der Waals surface area contributed by atoms with Gasteiger partial charge in [0.2, 0.25) is 0 Å². The first-order valence-electron chi connectivity index (χ1n) is 5.22. The lowest BCUT2D eigenvalue weighted by Gasteiger charge is -2.22. The number of piperidine rings is 1. The fourth-order valence-corrected chi connectivity index (χ4v) is 1.67. The molecule has 13 heavy (non-hydrogen) atoms. The Bertz CT molecular complexity index is 105. The van der Waals surface area contributed by atoms with E-state index < -0.39 is 0 Å². The number of hydrogen-bond donors (Lipinski definition) is 1. The molecule has 0 aliphatic carbocycles. The van der Waals surface area contributed by atoms with Crippen LogP contribution < -0.4 is 5.32 Å². The van der Waals surface area contributed by atoms with Gasteiger partial charge in [-0.2, -0.15) is 0 Å². The molecule has 0 aromatic rings. The van der Waals surface area contributed by atoms with Crippen molar-refractivity contribution in [1.29, 1.82) is 0 Å². The highest BCUT2D eigenvalue weighted by Crippen LogP contribution is 2.13. The average molecular weight is 208 g/mol. The van der Waals surface area contributed by atoms with Gasteiger partial charge in [0, 0.05) is 13.2 Å². The van der Waals surface area contributed by atoms with Gasteiger partial charge in [-0.25, -0.2) is 0 Å². The fourth-order valence-electron chi connectivity index (χ4n) is 1.67. The zero-order valence-corrected chi connectivity index (χ0v) is 9.37. The molecule has 1 unspecified atom stereocenters. The lowest BCUT2D eigenvalue weighted by atomic mass is 9.97. The van der Waals surface area contributed by atoms with Gasteiger partial charge in [-0.1, -0.05) is 6.92 Å². The standard InChI is InChI=1S/C10H21NO.ClH/c1-2-7-12-8-5-10-4-3-6-11-9-10;/h10-11H,2-9H2,1H3;1H. The molecule has 0 aromatic carbocycles. The van der Waals surface area contributed by atoms with Gasteiger partial charge in [0.05, 0.1) is 0 Å². The number of nitrogens with one attached hydrogen (secondary N) is 1. The van der Waals surface area contributed by atoms with E-state index in [0.717, 1.165) is 25.6 Å². The molecule has 1 aliphatic rings. The van der Waals surface area contributed by atoms with Gasteiger partial charge in [-0.05, 0) is 44.7 Å². The third kappa shape index (κ3) is 6.30. The van der Waals surface area contributed by atoms with Gasteiger partial charge in [-0.15, -0.1) is 12.4 Å². The van der Waals surface area contributed by atoms with Crippen molar-refractivity contribution in [1.82, 2.24) is 5.32 Å². The van der Waals surface area contributed by atoms with Gasteiger partial charge >= 0.3 is 0 Å². The maximum absolute atomic E-state index is 5.46. The Hall–Kier alpha value is 0.210. The van der Waals surface area contributed by atoms with Crippen molar-refractivity contribution >= 4 is 12.4 Å². The summed E-state index contributed by atoms with van der Waals surface area (Å²) in [5.41, 5.74) is 0. The number of rotatable bonds is 5. The van der Waals surface area contributed by atoms with E-state index in [1.54, 1.807) is 0 Å². The van der Waals surface area contributed by atoms with Crippen LogP contribution in [0.5, 0.6) is 0 Å². The molecule has 0 amide bonds. The SMILES string of the molecule is CCCOCCC1CCCNC1.Cl. The molecule has 1 atom stereocenters. The molecular formula is C10H22ClNO. The minimum absolute atomic E-state index is 0. The minimum atomic E-state index is 0. The van der Waals surface area contributed by atoms with Crippen molar-refractivity contribution in [2.24, 2.45) is 5.92 Å². The van der Waals surface area contributed by atoms with E-state index in [4.69, 9.17) is 4.74 Å². The molecule has 1 aliphatic heterocycles. The highest BCUT2D eigenvalue weighted by molar-refractivity contribution is 5.85. The Morgan fingerprint density at radius 2 is 2.23 bits per heavy atom. The van der Waals surface area contributed by atoms with Crippen molar-refractivity contribution in [3.8, 4) is 0 Å². The van der Waals surface area contributed by atoms with E-state index in [1.807, 2.05) is 0 Å². The maximum Gasteiger partial charge on any atom is 0.0469 e.